The number of nitrogens with one attached hydrogen (secondary N) is 1. The molecule has 1 saturated heterocycles. The molecule has 0 spiro atoms. The Hall–Kier alpha value is -3.26. The van der Waals surface area contributed by atoms with Gasteiger partial charge in [0.15, 0.2) is 6.10 Å². The first-order valence-corrected chi connectivity index (χ1v) is 11.0. The summed E-state index contributed by atoms with van der Waals surface area (Å²) < 4.78 is 37.2. The largest absolute Gasteiger partial charge is 0.449 e. The van der Waals surface area contributed by atoms with Crippen molar-refractivity contribution in [2.75, 3.05) is 31.6 Å². The highest BCUT2D eigenvalue weighted by Gasteiger charge is 2.27. The molecule has 1 amide bonds. The standard InChI is InChI=1S/C21H21N3O6S/c1-15(20(25)23-19-8-3-2-5-17(19)14-22)30-21(26)16-6-4-7-18(13-16)31(27,28)24-9-11-29-12-10-24/h2-8,13,15H,9-12H2,1H3,(H,23,25). The predicted octanol–water partition coefficient (Wildman–Crippen LogP) is 1.76. The summed E-state index contributed by atoms with van der Waals surface area (Å²) >= 11 is 0. The topological polar surface area (TPSA) is 126 Å². The lowest BCUT2D eigenvalue weighted by atomic mass is 10.2. The summed E-state index contributed by atoms with van der Waals surface area (Å²) in [5, 5.41) is 11.6. The number of ether oxygens (including phenoxy) is 2. The van der Waals surface area contributed by atoms with Crippen LogP contribution in [0.1, 0.15) is 22.8 Å². The van der Waals surface area contributed by atoms with Crippen LogP contribution in [0, 0.1) is 11.3 Å². The molecule has 9 nitrogen and oxygen atoms in total. The third-order valence-corrected chi connectivity index (χ3v) is 6.53. The number of benzene rings is 2. The molecular formula is C21H21N3O6S. The number of esters is 1. The number of carbonyl (C=O) groups excluding carboxylic acids is 2. The molecule has 0 radical (unpaired) electrons. The number of sulfonamides is 1. The van der Waals surface area contributed by atoms with Crippen LogP contribution in [0.15, 0.2) is 53.4 Å². The number of hydrogen-bond donors (Lipinski definition) is 1. The van der Waals surface area contributed by atoms with Crippen molar-refractivity contribution in [2.45, 2.75) is 17.9 Å². The zero-order chi connectivity index (χ0) is 22.4. The fraction of sp³-hybridized carbons (Fsp3) is 0.286. The van der Waals surface area contributed by atoms with Gasteiger partial charge in [-0.05, 0) is 37.3 Å². The number of morpholine rings is 1. The van der Waals surface area contributed by atoms with E-state index >= 15 is 0 Å². The number of nitriles is 1. The minimum absolute atomic E-state index is 0.00593. The van der Waals surface area contributed by atoms with Crippen LogP contribution < -0.4 is 5.32 Å². The minimum atomic E-state index is -3.78. The summed E-state index contributed by atoms with van der Waals surface area (Å²) in [5.74, 6) is -1.46. The quantitative estimate of drug-likeness (QED) is 0.674. The molecule has 10 heteroatoms. The second-order valence-corrected chi connectivity index (χ2v) is 8.68. The van der Waals surface area contributed by atoms with Crippen molar-refractivity contribution in [1.82, 2.24) is 4.31 Å². The van der Waals surface area contributed by atoms with E-state index in [2.05, 4.69) is 5.32 Å². The molecule has 0 saturated carbocycles. The van der Waals surface area contributed by atoms with E-state index in [0.29, 0.717) is 18.9 Å². The minimum Gasteiger partial charge on any atom is -0.449 e. The molecule has 162 valence electrons. The Kier molecular flexibility index (Phi) is 7.02. The van der Waals surface area contributed by atoms with Crippen molar-refractivity contribution < 1.29 is 27.5 Å². The highest BCUT2D eigenvalue weighted by atomic mass is 32.2. The smallest absolute Gasteiger partial charge is 0.338 e. The van der Waals surface area contributed by atoms with Crippen LogP contribution in [-0.2, 0) is 24.3 Å². The van der Waals surface area contributed by atoms with E-state index in [9.17, 15) is 18.0 Å². The van der Waals surface area contributed by atoms with E-state index in [4.69, 9.17) is 14.7 Å². The Labute approximate surface area is 180 Å². The zero-order valence-electron chi connectivity index (χ0n) is 16.8. The average Bonchev–Trinajstić information content (AvgIpc) is 2.80. The molecule has 31 heavy (non-hydrogen) atoms. The maximum Gasteiger partial charge on any atom is 0.338 e. The lowest BCUT2D eigenvalue weighted by Gasteiger charge is -2.26. The number of hydrogen-bond acceptors (Lipinski definition) is 7. The van der Waals surface area contributed by atoms with E-state index in [1.807, 2.05) is 6.07 Å². The molecule has 2 aromatic carbocycles. The summed E-state index contributed by atoms with van der Waals surface area (Å²) in [6, 6.07) is 13.9. The summed E-state index contributed by atoms with van der Waals surface area (Å²) in [5.41, 5.74) is 0.582. The second kappa shape index (κ2) is 9.70. The number of amides is 1. The summed E-state index contributed by atoms with van der Waals surface area (Å²) in [6.45, 7) is 2.47. The Morgan fingerprint density at radius 1 is 1.16 bits per heavy atom. The molecule has 3 rings (SSSR count). The summed E-state index contributed by atoms with van der Waals surface area (Å²) in [4.78, 5) is 24.8. The number of rotatable bonds is 6. The van der Waals surface area contributed by atoms with E-state index in [1.54, 1.807) is 24.3 Å². The van der Waals surface area contributed by atoms with Crippen LogP contribution in [0.3, 0.4) is 0 Å². The van der Waals surface area contributed by atoms with E-state index in [1.165, 1.54) is 35.5 Å². The van der Waals surface area contributed by atoms with Gasteiger partial charge < -0.3 is 14.8 Å². The molecule has 0 bridgehead atoms. The number of nitrogens with zero attached hydrogens (tertiary/aromatic N) is 2. The SMILES string of the molecule is CC(OC(=O)c1cccc(S(=O)(=O)N2CCOCC2)c1)C(=O)Nc1ccccc1C#N. The van der Waals surface area contributed by atoms with Crippen molar-refractivity contribution in [1.29, 1.82) is 5.26 Å². The normalized spacial score (nSPS) is 15.5. The number of anilines is 1. The van der Waals surface area contributed by atoms with Gasteiger partial charge >= 0.3 is 5.97 Å². The van der Waals surface area contributed by atoms with Gasteiger partial charge in [-0.1, -0.05) is 18.2 Å². The third kappa shape index (κ3) is 5.27. The Balaban J connectivity index is 1.69. The number of para-hydroxylation sites is 1. The average molecular weight is 443 g/mol. The van der Waals surface area contributed by atoms with Gasteiger partial charge in [0, 0.05) is 13.1 Å². The fourth-order valence-corrected chi connectivity index (χ4v) is 4.38. The molecule has 1 atom stereocenters. The summed E-state index contributed by atoms with van der Waals surface area (Å²) in [7, 11) is -3.78. The first kappa shape index (κ1) is 22.4. The first-order chi connectivity index (χ1) is 14.8. The van der Waals surface area contributed by atoms with Crippen molar-refractivity contribution in [2.24, 2.45) is 0 Å². The van der Waals surface area contributed by atoms with Crippen molar-refractivity contribution in [3.05, 3.63) is 59.7 Å². The van der Waals surface area contributed by atoms with Crippen molar-refractivity contribution >= 4 is 27.6 Å². The molecule has 0 aromatic heterocycles. The molecule has 1 N–H and O–H groups in total. The molecular weight excluding hydrogens is 422 g/mol. The Morgan fingerprint density at radius 2 is 1.87 bits per heavy atom. The lowest BCUT2D eigenvalue weighted by molar-refractivity contribution is -0.123. The van der Waals surface area contributed by atoms with Gasteiger partial charge in [0.1, 0.15) is 6.07 Å². The van der Waals surface area contributed by atoms with Crippen LogP contribution >= 0.6 is 0 Å². The first-order valence-electron chi connectivity index (χ1n) is 9.52. The van der Waals surface area contributed by atoms with E-state index in [0.717, 1.165) is 0 Å². The van der Waals surface area contributed by atoms with E-state index < -0.39 is 28.0 Å². The van der Waals surface area contributed by atoms with Gasteiger partial charge in [-0.2, -0.15) is 9.57 Å². The Morgan fingerprint density at radius 3 is 2.58 bits per heavy atom. The maximum atomic E-state index is 12.8. The van der Waals surface area contributed by atoms with Gasteiger partial charge in [0.25, 0.3) is 5.91 Å². The molecule has 1 fully saturated rings. The molecule has 1 unspecified atom stereocenters. The highest BCUT2D eigenvalue weighted by molar-refractivity contribution is 7.89. The predicted molar refractivity (Wildman–Crippen MR) is 111 cm³/mol. The highest BCUT2D eigenvalue weighted by Crippen LogP contribution is 2.19. The molecule has 1 aliphatic rings. The van der Waals surface area contributed by atoms with Gasteiger partial charge in [-0.15, -0.1) is 0 Å². The second-order valence-electron chi connectivity index (χ2n) is 6.74. The van der Waals surface area contributed by atoms with Crippen LogP contribution in [0.5, 0.6) is 0 Å². The molecule has 2 aromatic rings. The Bertz CT molecular complexity index is 1120. The van der Waals surface area contributed by atoms with Crippen LogP contribution in [0.25, 0.3) is 0 Å². The number of carbonyl (C=O) groups is 2. The molecule has 1 heterocycles. The van der Waals surface area contributed by atoms with Gasteiger partial charge in [-0.3, -0.25) is 4.79 Å². The fourth-order valence-electron chi connectivity index (χ4n) is 2.93. The van der Waals surface area contributed by atoms with E-state index in [-0.39, 0.29) is 29.1 Å². The van der Waals surface area contributed by atoms with Gasteiger partial charge in [0.2, 0.25) is 10.0 Å². The van der Waals surface area contributed by atoms with Crippen LogP contribution in [-0.4, -0.2) is 57.0 Å². The van der Waals surface area contributed by atoms with Gasteiger partial charge in [-0.25, -0.2) is 13.2 Å². The van der Waals surface area contributed by atoms with Gasteiger partial charge in [0.05, 0.1) is 34.9 Å². The van der Waals surface area contributed by atoms with Crippen LogP contribution in [0.2, 0.25) is 0 Å². The maximum absolute atomic E-state index is 12.8. The van der Waals surface area contributed by atoms with Crippen molar-refractivity contribution in [3.8, 4) is 6.07 Å². The van der Waals surface area contributed by atoms with Crippen molar-refractivity contribution in [3.63, 3.8) is 0 Å². The molecule has 0 aliphatic carbocycles. The third-order valence-electron chi connectivity index (χ3n) is 4.64. The molecule has 1 aliphatic heterocycles. The zero-order valence-corrected chi connectivity index (χ0v) is 17.6. The summed E-state index contributed by atoms with van der Waals surface area (Å²) in [6.07, 6.45) is -1.17. The lowest BCUT2D eigenvalue weighted by Crippen LogP contribution is -2.40. The monoisotopic (exact) mass is 443 g/mol. The van der Waals surface area contributed by atoms with Crippen LogP contribution in [0.4, 0.5) is 5.69 Å².